The molecule has 4 atom stereocenters. The Morgan fingerprint density at radius 1 is 1.03 bits per heavy atom. The summed E-state index contributed by atoms with van der Waals surface area (Å²) in [5.74, 6) is -1.15. The third-order valence-electron chi connectivity index (χ3n) is 7.41. The van der Waals surface area contributed by atoms with Gasteiger partial charge in [-0.15, -0.1) is 0 Å². The number of hydrogen-bond donors (Lipinski definition) is 2. The van der Waals surface area contributed by atoms with Crippen LogP contribution in [0, 0.1) is 11.8 Å². The van der Waals surface area contributed by atoms with E-state index in [-0.39, 0.29) is 52.1 Å². The first-order chi connectivity index (χ1) is 17.4. The van der Waals surface area contributed by atoms with E-state index in [2.05, 4.69) is 25.2 Å². The first-order valence-corrected chi connectivity index (χ1v) is 12.2. The van der Waals surface area contributed by atoms with Gasteiger partial charge in [0.05, 0.1) is 31.2 Å². The number of methoxy groups -OCH3 is 1. The number of rotatable bonds is 6. The van der Waals surface area contributed by atoms with E-state index in [0.717, 1.165) is 44.2 Å². The third kappa shape index (κ3) is 4.13. The highest BCUT2D eigenvalue weighted by atomic mass is 19.1. The summed E-state index contributed by atoms with van der Waals surface area (Å²) >= 11 is 0. The van der Waals surface area contributed by atoms with Crippen LogP contribution in [0.5, 0.6) is 11.6 Å². The van der Waals surface area contributed by atoms with Gasteiger partial charge in [0.2, 0.25) is 11.8 Å². The normalized spacial score (nSPS) is 25.1. The summed E-state index contributed by atoms with van der Waals surface area (Å²) in [6, 6.07) is 5.00. The molecule has 1 aromatic carbocycles. The number of anilines is 1. The van der Waals surface area contributed by atoms with Crippen LogP contribution in [0.15, 0.2) is 36.7 Å². The zero-order valence-electron chi connectivity index (χ0n) is 19.7. The van der Waals surface area contributed by atoms with Gasteiger partial charge in [-0.3, -0.25) is 4.98 Å². The van der Waals surface area contributed by atoms with Crippen LogP contribution in [-0.4, -0.2) is 57.5 Å². The molecule has 0 spiro atoms. The Morgan fingerprint density at radius 3 is 2.58 bits per heavy atom. The Morgan fingerprint density at radius 2 is 1.86 bits per heavy atom. The van der Waals surface area contributed by atoms with Gasteiger partial charge in [0.1, 0.15) is 23.6 Å². The summed E-state index contributed by atoms with van der Waals surface area (Å²) < 4.78 is 49.1. The number of hydrogen-bond acceptors (Lipinski definition) is 7. The molecule has 1 aliphatic carbocycles. The van der Waals surface area contributed by atoms with Crippen molar-refractivity contribution in [2.45, 2.75) is 62.4 Å². The minimum Gasteiger partial charge on any atom is -0.507 e. The van der Waals surface area contributed by atoms with Gasteiger partial charge in [-0.2, -0.15) is 9.37 Å². The van der Waals surface area contributed by atoms with Gasteiger partial charge in [0, 0.05) is 41.4 Å². The number of aromatic nitrogens is 3. The Kier molecular flexibility index (Phi) is 5.70. The molecule has 1 saturated carbocycles. The Hall–Kier alpha value is -3.40. The second kappa shape index (κ2) is 8.92. The molecule has 36 heavy (non-hydrogen) atoms. The molecule has 3 fully saturated rings. The minimum atomic E-state index is -0.979. The maximum atomic E-state index is 15.3. The highest BCUT2D eigenvalue weighted by Gasteiger charge is 2.48. The van der Waals surface area contributed by atoms with Crippen LogP contribution in [0.4, 0.5) is 19.0 Å². The monoisotopic (exact) mass is 497 g/mol. The minimum absolute atomic E-state index is 0.00476. The second-order valence-electron chi connectivity index (χ2n) is 9.76. The van der Waals surface area contributed by atoms with Crippen LogP contribution >= 0.6 is 0 Å². The number of piperidine rings is 1. The summed E-state index contributed by atoms with van der Waals surface area (Å²) in [6.07, 6.45) is 6.61. The molecule has 6 rings (SSSR count). The number of aromatic hydroxyl groups is 1. The van der Waals surface area contributed by atoms with Gasteiger partial charge in [0.15, 0.2) is 0 Å². The largest absolute Gasteiger partial charge is 0.507 e. The third-order valence-corrected chi connectivity index (χ3v) is 7.41. The summed E-state index contributed by atoms with van der Waals surface area (Å²) in [5.41, 5.74) is 0.600. The van der Waals surface area contributed by atoms with Crippen LogP contribution < -0.4 is 15.0 Å². The SMILES string of the molecule is COc1cc(-c2cc(O)c(-c3cnc(N(C4CC4)[C@@H]4C[C@H]5CC[C@H](N5)[C@@H]4F)cn3)cc2F)cc(F)n1. The van der Waals surface area contributed by atoms with Crippen molar-refractivity contribution in [3.05, 3.63) is 48.4 Å². The molecular weight excluding hydrogens is 471 g/mol. The van der Waals surface area contributed by atoms with E-state index in [0.29, 0.717) is 11.9 Å². The average molecular weight is 498 g/mol. The fourth-order valence-electron chi connectivity index (χ4n) is 5.54. The van der Waals surface area contributed by atoms with Gasteiger partial charge >= 0.3 is 0 Å². The molecule has 0 radical (unpaired) electrons. The van der Waals surface area contributed by atoms with Crippen LogP contribution in [-0.2, 0) is 0 Å². The lowest BCUT2D eigenvalue weighted by molar-refractivity contribution is 0.171. The molecule has 10 heteroatoms. The standard InChI is InChI=1S/C26H26F3N5O2/c1-36-25-7-13(6-23(28)33-25)16-10-22(35)17(9-18(16)27)20-11-31-24(12-30-20)34(15-3-4-15)21-8-14-2-5-19(32-14)26(21)29/h6-7,9-12,14-15,19,21,26,32,35H,2-5,8H2,1H3/t14-,19+,21-,26+/m1/s1. The fourth-order valence-corrected chi connectivity index (χ4v) is 5.54. The molecule has 7 nitrogen and oxygen atoms in total. The Bertz CT molecular complexity index is 1290. The number of ether oxygens (including phenoxy) is 1. The van der Waals surface area contributed by atoms with E-state index in [1.54, 1.807) is 6.20 Å². The number of halogens is 3. The number of pyridine rings is 1. The van der Waals surface area contributed by atoms with Crippen molar-refractivity contribution in [2.75, 3.05) is 12.0 Å². The van der Waals surface area contributed by atoms with Gasteiger partial charge in [0.25, 0.3) is 0 Å². The highest BCUT2D eigenvalue weighted by molar-refractivity contribution is 5.75. The van der Waals surface area contributed by atoms with Crippen molar-refractivity contribution < 1.29 is 23.0 Å². The zero-order chi connectivity index (χ0) is 25.0. The van der Waals surface area contributed by atoms with E-state index >= 15 is 8.78 Å². The molecule has 2 aromatic heterocycles. The smallest absolute Gasteiger partial charge is 0.216 e. The Labute approximate surface area is 206 Å². The topological polar surface area (TPSA) is 83.4 Å². The molecule has 2 saturated heterocycles. The predicted octanol–water partition coefficient (Wildman–Crippen LogP) is 4.40. The first-order valence-electron chi connectivity index (χ1n) is 12.2. The number of benzene rings is 1. The summed E-state index contributed by atoms with van der Waals surface area (Å²) in [6.45, 7) is 0. The molecule has 2 aliphatic heterocycles. The molecule has 0 unspecified atom stereocenters. The van der Waals surface area contributed by atoms with E-state index in [1.807, 2.05) is 0 Å². The van der Waals surface area contributed by atoms with Gasteiger partial charge in [-0.05, 0) is 49.8 Å². The van der Waals surface area contributed by atoms with E-state index in [9.17, 15) is 9.50 Å². The van der Waals surface area contributed by atoms with Crippen molar-refractivity contribution in [1.29, 1.82) is 0 Å². The molecule has 2 bridgehead atoms. The summed E-state index contributed by atoms with van der Waals surface area (Å²) in [7, 11) is 1.33. The Balaban J connectivity index is 1.29. The van der Waals surface area contributed by atoms with Gasteiger partial charge in [-0.25, -0.2) is 13.8 Å². The molecule has 0 amide bonds. The lowest BCUT2D eigenvalue weighted by atomic mass is 9.96. The molecule has 2 N–H and O–H groups in total. The van der Waals surface area contributed by atoms with Gasteiger partial charge in [-0.1, -0.05) is 0 Å². The molecule has 4 heterocycles. The van der Waals surface area contributed by atoms with Crippen molar-refractivity contribution >= 4 is 5.82 Å². The highest BCUT2D eigenvalue weighted by Crippen LogP contribution is 2.41. The van der Waals surface area contributed by atoms with Crippen LogP contribution in [0.3, 0.4) is 0 Å². The number of alkyl halides is 1. The fraction of sp³-hybridized carbons (Fsp3) is 0.423. The lowest BCUT2D eigenvalue weighted by Crippen LogP contribution is -2.57. The van der Waals surface area contributed by atoms with Crippen LogP contribution in [0.2, 0.25) is 0 Å². The van der Waals surface area contributed by atoms with E-state index < -0.39 is 17.9 Å². The number of nitrogens with zero attached hydrogens (tertiary/aromatic N) is 4. The summed E-state index contributed by atoms with van der Waals surface area (Å²) in [4.78, 5) is 14.6. The molecule has 3 aliphatic rings. The van der Waals surface area contributed by atoms with Crippen LogP contribution in [0.1, 0.15) is 32.1 Å². The molecular formula is C26H26F3N5O2. The quantitative estimate of drug-likeness (QED) is 0.489. The van der Waals surface area contributed by atoms with Crippen LogP contribution in [0.25, 0.3) is 22.4 Å². The molecule has 188 valence electrons. The van der Waals surface area contributed by atoms with E-state index in [1.165, 1.54) is 25.4 Å². The predicted molar refractivity (Wildman–Crippen MR) is 128 cm³/mol. The number of phenols is 1. The second-order valence-corrected chi connectivity index (χ2v) is 9.76. The molecule has 3 aromatic rings. The zero-order valence-corrected chi connectivity index (χ0v) is 19.7. The lowest BCUT2D eigenvalue weighted by Gasteiger charge is -2.41. The van der Waals surface area contributed by atoms with Crippen molar-refractivity contribution in [3.63, 3.8) is 0 Å². The summed E-state index contributed by atoms with van der Waals surface area (Å²) in [5, 5.41) is 14.0. The van der Waals surface area contributed by atoms with Crippen molar-refractivity contribution in [3.8, 4) is 34.0 Å². The van der Waals surface area contributed by atoms with Crippen molar-refractivity contribution in [1.82, 2.24) is 20.3 Å². The van der Waals surface area contributed by atoms with Crippen molar-refractivity contribution in [2.24, 2.45) is 0 Å². The maximum Gasteiger partial charge on any atom is 0.216 e. The number of fused-ring (bicyclic) bond motifs is 2. The number of phenolic OH excluding ortho intramolecular Hbond substituents is 1. The first kappa shape index (κ1) is 23.0. The van der Waals surface area contributed by atoms with Gasteiger partial charge < -0.3 is 20.1 Å². The average Bonchev–Trinajstić information content (AvgIpc) is 3.63. The maximum absolute atomic E-state index is 15.3. The van der Waals surface area contributed by atoms with E-state index in [4.69, 9.17) is 4.74 Å². The number of nitrogens with one attached hydrogen (secondary N) is 1.